The first-order valence-electron chi connectivity index (χ1n) is 6.99. The Morgan fingerprint density at radius 3 is 2.89 bits per heavy atom. The topological polar surface area (TPSA) is 44.7 Å². The summed E-state index contributed by atoms with van der Waals surface area (Å²) in [6.07, 6.45) is 0. The molecule has 0 aromatic heterocycles. The maximum Gasteiger partial charge on any atom is 0.123 e. The zero-order valence-electron chi connectivity index (χ0n) is 11.8. The van der Waals surface area contributed by atoms with Gasteiger partial charge in [0.05, 0.1) is 6.61 Å². The van der Waals surface area contributed by atoms with Gasteiger partial charge in [0.15, 0.2) is 0 Å². The fourth-order valence-corrected chi connectivity index (χ4v) is 2.48. The van der Waals surface area contributed by atoms with Crippen LogP contribution in [0, 0.1) is 0 Å². The molecule has 1 aliphatic rings. The fourth-order valence-electron chi connectivity index (χ4n) is 2.48. The van der Waals surface area contributed by atoms with Crippen molar-refractivity contribution in [3.8, 4) is 5.75 Å². The summed E-state index contributed by atoms with van der Waals surface area (Å²) in [6, 6.07) is 8.68. The van der Waals surface area contributed by atoms with E-state index in [1.807, 2.05) is 18.2 Å². The molecule has 1 unspecified atom stereocenters. The zero-order chi connectivity index (χ0) is 13.7. The van der Waals surface area contributed by atoms with Crippen LogP contribution in [0.3, 0.4) is 0 Å². The van der Waals surface area contributed by atoms with Crippen LogP contribution in [0.5, 0.6) is 5.75 Å². The molecule has 0 aliphatic carbocycles. The molecule has 1 atom stereocenters. The summed E-state index contributed by atoms with van der Waals surface area (Å²) >= 11 is 0. The Morgan fingerprint density at radius 1 is 1.37 bits per heavy atom. The molecule has 0 saturated carbocycles. The van der Waals surface area contributed by atoms with E-state index in [1.54, 1.807) is 0 Å². The Morgan fingerprint density at radius 2 is 2.16 bits per heavy atom. The molecule has 0 fully saturated rings. The minimum atomic E-state index is 0.116. The largest absolute Gasteiger partial charge is 0.492 e. The van der Waals surface area contributed by atoms with Gasteiger partial charge in [-0.15, -0.1) is 0 Å². The van der Waals surface area contributed by atoms with Crippen molar-refractivity contribution in [3.63, 3.8) is 0 Å². The van der Waals surface area contributed by atoms with Crippen LogP contribution < -0.4 is 10.1 Å². The van der Waals surface area contributed by atoms with Gasteiger partial charge in [0, 0.05) is 37.3 Å². The minimum Gasteiger partial charge on any atom is -0.492 e. The van der Waals surface area contributed by atoms with E-state index in [4.69, 9.17) is 4.74 Å². The molecule has 0 saturated heterocycles. The average molecular weight is 264 g/mol. The molecule has 1 aliphatic heterocycles. The van der Waals surface area contributed by atoms with Crippen LogP contribution in [0.1, 0.15) is 19.4 Å². The van der Waals surface area contributed by atoms with Gasteiger partial charge in [-0.25, -0.2) is 0 Å². The standard InChI is InChI=1S/C15H24N2O2/c1-12(2)16-14(11-18)10-17-7-8-19-15-6-4-3-5-13(15)9-17/h3-6,12,14,16,18H,7-11H2,1-2H3. The molecule has 0 radical (unpaired) electrons. The van der Waals surface area contributed by atoms with E-state index < -0.39 is 0 Å². The number of hydrogen-bond acceptors (Lipinski definition) is 4. The lowest BCUT2D eigenvalue weighted by Gasteiger charge is -2.26. The van der Waals surface area contributed by atoms with Crippen LogP contribution in [-0.4, -0.2) is 48.4 Å². The first-order chi connectivity index (χ1) is 9.19. The first-order valence-corrected chi connectivity index (χ1v) is 6.99. The fraction of sp³-hybridized carbons (Fsp3) is 0.600. The highest BCUT2D eigenvalue weighted by molar-refractivity contribution is 5.33. The normalized spacial score (nSPS) is 17.7. The first kappa shape index (κ1) is 14.3. The highest BCUT2D eigenvalue weighted by Crippen LogP contribution is 2.22. The minimum absolute atomic E-state index is 0.116. The number of nitrogens with zero attached hydrogens (tertiary/aromatic N) is 1. The maximum absolute atomic E-state index is 9.45. The number of ether oxygens (including phenoxy) is 1. The van der Waals surface area contributed by atoms with E-state index in [1.165, 1.54) is 5.56 Å². The lowest BCUT2D eigenvalue weighted by atomic mass is 10.1. The van der Waals surface area contributed by atoms with Gasteiger partial charge < -0.3 is 15.2 Å². The number of para-hydroxylation sites is 1. The number of hydrogen-bond donors (Lipinski definition) is 2. The lowest BCUT2D eigenvalue weighted by molar-refractivity contribution is 0.162. The van der Waals surface area contributed by atoms with Crippen LogP contribution in [-0.2, 0) is 6.54 Å². The monoisotopic (exact) mass is 264 g/mol. The second-order valence-corrected chi connectivity index (χ2v) is 5.39. The van der Waals surface area contributed by atoms with Gasteiger partial charge in [0.2, 0.25) is 0 Å². The Labute approximate surface area is 115 Å². The van der Waals surface area contributed by atoms with E-state index in [-0.39, 0.29) is 12.6 Å². The molecule has 1 heterocycles. The third-order valence-electron chi connectivity index (χ3n) is 3.30. The summed E-state index contributed by atoms with van der Waals surface area (Å²) in [7, 11) is 0. The van der Waals surface area contributed by atoms with Gasteiger partial charge in [-0.05, 0) is 6.07 Å². The van der Waals surface area contributed by atoms with Crippen LogP contribution in [0.4, 0.5) is 0 Å². The van der Waals surface area contributed by atoms with Gasteiger partial charge in [-0.1, -0.05) is 32.0 Å². The maximum atomic E-state index is 9.45. The predicted octanol–water partition coefficient (Wildman–Crippen LogP) is 1.24. The van der Waals surface area contributed by atoms with Gasteiger partial charge in [-0.3, -0.25) is 4.90 Å². The SMILES string of the molecule is CC(C)NC(CO)CN1CCOc2ccccc2C1. The molecule has 0 bridgehead atoms. The Bertz CT molecular complexity index is 395. The smallest absolute Gasteiger partial charge is 0.123 e. The summed E-state index contributed by atoms with van der Waals surface area (Å²) in [6.45, 7) is 7.69. The van der Waals surface area contributed by atoms with Gasteiger partial charge >= 0.3 is 0 Å². The van der Waals surface area contributed by atoms with Crippen molar-refractivity contribution in [2.45, 2.75) is 32.5 Å². The third kappa shape index (κ3) is 4.20. The molecule has 2 rings (SSSR count). The van der Waals surface area contributed by atoms with Crippen molar-refractivity contribution in [2.75, 3.05) is 26.3 Å². The lowest BCUT2D eigenvalue weighted by Crippen LogP contribution is -2.46. The molecule has 0 spiro atoms. The second kappa shape index (κ2) is 6.89. The van der Waals surface area contributed by atoms with Crippen molar-refractivity contribution >= 4 is 0 Å². The summed E-state index contributed by atoms with van der Waals surface area (Å²) in [5.41, 5.74) is 1.22. The second-order valence-electron chi connectivity index (χ2n) is 5.39. The molecule has 1 aromatic rings. The van der Waals surface area contributed by atoms with Crippen LogP contribution in [0.15, 0.2) is 24.3 Å². The highest BCUT2D eigenvalue weighted by atomic mass is 16.5. The Kier molecular flexibility index (Phi) is 5.19. The molecule has 4 heteroatoms. The quantitative estimate of drug-likeness (QED) is 0.840. The molecule has 2 N–H and O–H groups in total. The van der Waals surface area contributed by atoms with E-state index in [2.05, 4.69) is 30.1 Å². The zero-order valence-corrected chi connectivity index (χ0v) is 11.8. The third-order valence-corrected chi connectivity index (χ3v) is 3.30. The number of rotatable bonds is 5. The van der Waals surface area contributed by atoms with Crippen LogP contribution in [0.2, 0.25) is 0 Å². The van der Waals surface area contributed by atoms with Crippen molar-refractivity contribution in [3.05, 3.63) is 29.8 Å². The van der Waals surface area contributed by atoms with Crippen LogP contribution >= 0.6 is 0 Å². The summed E-state index contributed by atoms with van der Waals surface area (Å²) in [4.78, 5) is 2.34. The molecule has 19 heavy (non-hydrogen) atoms. The molecule has 106 valence electrons. The van der Waals surface area contributed by atoms with Gasteiger partial charge in [-0.2, -0.15) is 0 Å². The van der Waals surface area contributed by atoms with Gasteiger partial charge in [0.25, 0.3) is 0 Å². The molecule has 0 amide bonds. The van der Waals surface area contributed by atoms with Crippen LogP contribution in [0.25, 0.3) is 0 Å². The molecular formula is C15H24N2O2. The van der Waals surface area contributed by atoms with Crippen molar-refractivity contribution in [1.29, 1.82) is 0 Å². The van der Waals surface area contributed by atoms with E-state index >= 15 is 0 Å². The molecule has 1 aromatic carbocycles. The highest BCUT2D eigenvalue weighted by Gasteiger charge is 2.18. The number of aliphatic hydroxyl groups is 1. The number of aliphatic hydroxyl groups excluding tert-OH is 1. The number of fused-ring (bicyclic) bond motifs is 1. The predicted molar refractivity (Wildman–Crippen MR) is 76.4 cm³/mol. The summed E-state index contributed by atoms with van der Waals surface area (Å²) in [5.74, 6) is 0.988. The van der Waals surface area contributed by atoms with Crippen molar-refractivity contribution < 1.29 is 9.84 Å². The van der Waals surface area contributed by atoms with E-state index in [0.717, 1.165) is 25.4 Å². The molecule has 4 nitrogen and oxygen atoms in total. The Balaban J connectivity index is 1.98. The molecular weight excluding hydrogens is 240 g/mol. The van der Waals surface area contributed by atoms with E-state index in [0.29, 0.717) is 12.6 Å². The van der Waals surface area contributed by atoms with Crippen molar-refractivity contribution in [1.82, 2.24) is 10.2 Å². The summed E-state index contributed by atoms with van der Waals surface area (Å²) in [5, 5.41) is 12.8. The van der Waals surface area contributed by atoms with E-state index in [9.17, 15) is 5.11 Å². The summed E-state index contributed by atoms with van der Waals surface area (Å²) < 4.78 is 5.75. The number of nitrogens with one attached hydrogen (secondary N) is 1. The average Bonchev–Trinajstić information content (AvgIpc) is 2.59. The van der Waals surface area contributed by atoms with Gasteiger partial charge in [0.1, 0.15) is 12.4 Å². The number of benzene rings is 1. The van der Waals surface area contributed by atoms with Crippen molar-refractivity contribution in [2.24, 2.45) is 0 Å². The Hall–Kier alpha value is -1.10.